The minimum atomic E-state index is -1.83. The van der Waals surface area contributed by atoms with Crippen LogP contribution in [0.4, 0.5) is 0 Å². The highest BCUT2D eigenvalue weighted by Crippen LogP contribution is 2.38. The number of hydrogen-bond donors (Lipinski definition) is 2. The number of cyclic esters (lactones) is 1. The molecule has 0 amide bonds. The van der Waals surface area contributed by atoms with Crippen LogP contribution in [0.2, 0.25) is 0 Å². The van der Waals surface area contributed by atoms with Gasteiger partial charge in [0.25, 0.3) is 5.56 Å². The summed E-state index contributed by atoms with van der Waals surface area (Å²) in [5, 5.41) is 20.9. The minimum absolute atomic E-state index is 0.108. The van der Waals surface area contributed by atoms with E-state index >= 15 is 0 Å². The molecule has 2 aliphatic heterocycles. The summed E-state index contributed by atoms with van der Waals surface area (Å²) in [4.78, 5) is 30.1. The van der Waals surface area contributed by atoms with Crippen LogP contribution in [0.25, 0.3) is 28.4 Å². The van der Waals surface area contributed by atoms with Crippen molar-refractivity contribution in [3.8, 4) is 11.4 Å². The van der Waals surface area contributed by atoms with Gasteiger partial charge in [0.05, 0.1) is 35.3 Å². The van der Waals surface area contributed by atoms with E-state index < -0.39 is 11.6 Å². The summed E-state index contributed by atoms with van der Waals surface area (Å²) >= 11 is 0. The van der Waals surface area contributed by atoms with Gasteiger partial charge in [0.1, 0.15) is 6.61 Å². The van der Waals surface area contributed by atoms with E-state index in [4.69, 9.17) is 14.8 Å². The molecule has 7 nitrogen and oxygen atoms in total. The summed E-state index contributed by atoms with van der Waals surface area (Å²) in [6, 6.07) is 9.25. The Morgan fingerprint density at radius 1 is 1.31 bits per heavy atom. The largest absolute Gasteiger partial charge is 0.516 e. The van der Waals surface area contributed by atoms with Crippen molar-refractivity contribution >= 4 is 22.9 Å². The first-order valence-electron chi connectivity index (χ1n) is 9.38. The molecular weight excluding hydrogens is 372 g/mol. The standard InChI is InChI=1S/C22H18N2O5/c1-2-22(28)16-9-18-19-13(10-24(18)20(26)15(16)11-29-21(22)27)8-14-12(6-7-25)4-3-5-17(14)23-19/h3-9,25,28H,2,10-11H2,1H3/b7-6+/t22-/m0/s1. The average Bonchev–Trinajstić information content (AvgIpc) is 3.08. The van der Waals surface area contributed by atoms with Crippen LogP contribution >= 0.6 is 0 Å². The van der Waals surface area contributed by atoms with Crippen LogP contribution in [0, 0.1) is 0 Å². The van der Waals surface area contributed by atoms with Gasteiger partial charge >= 0.3 is 5.97 Å². The van der Waals surface area contributed by atoms with Crippen LogP contribution in [0.15, 0.2) is 41.4 Å². The number of aliphatic hydroxyl groups excluding tert-OH is 1. The summed E-state index contributed by atoms with van der Waals surface area (Å²) in [6.07, 6.45) is 2.68. The normalized spacial score (nSPS) is 19.9. The monoisotopic (exact) mass is 390 g/mol. The van der Waals surface area contributed by atoms with Gasteiger partial charge in [0.2, 0.25) is 0 Å². The Hall–Kier alpha value is -3.45. The second-order valence-electron chi connectivity index (χ2n) is 7.33. The molecule has 2 aromatic heterocycles. The SMILES string of the molecule is CC[C@@]1(O)C(=O)OCc2c1cc1n(c2=O)Cc2cc3c(/C=C/O)cccc3nc2-1. The molecule has 2 N–H and O–H groups in total. The van der Waals surface area contributed by atoms with Crippen LogP contribution in [0.5, 0.6) is 0 Å². The molecule has 1 aromatic carbocycles. The van der Waals surface area contributed by atoms with Gasteiger partial charge in [-0.1, -0.05) is 19.1 Å². The van der Waals surface area contributed by atoms with Crippen LogP contribution in [0.3, 0.4) is 0 Å². The van der Waals surface area contributed by atoms with Crippen molar-refractivity contribution in [1.82, 2.24) is 9.55 Å². The van der Waals surface area contributed by atoms with Crippen molar-refractivity contribution < 1.29 is 19.7 Å². The molecule has 0 spiro atoms. The first kappa shape index (κ1) is 17.6. The Labute approximate surface area is 165 Å². The lowest BCUT2D eigenvalue weighted by Crippen LogP contribution is -2.44. The number of aromatic nitrogens is 2. The Morgan fingerprint density at radius 2 is 2.14 bits per heavy atom. The van der Waals surface area contributed by atoms with E-state index in [1.807, 2.05) is 24.3 Å². The van der Waals surface area contributed by atoms with Crippen LogP contribution < -0.4 is 5.56 Å². The summed E-state index contributed by atoms with van der Waals surface area (Å²) < 4.78 is 6.69. The maximum Gasteiger partial charge on any atom is 0.343 e. The van der Waals surface area contributed by atoms with Crippen LogP contribution in [-0.4, -0.2) is 25.7 Å². The van der Waals surface area contributed by atoms with E-state index in [0.29, 0.717) is 29.1 Å². The smallest absolute Gasteiger partial charge is 0.343 e. The minimum Gasteiger partial charge on any atom is -0.516 e. The quantitative estimate of drug-likeness (QED) is 0.403. The van der Waals surface area contributed by atoms with Crippen LogP contribution in [-0.2, 0) is 28.3 Å². The van der Waals surface area contributed by atoms with E-state index in [1.54, 1.807) is 23.6 Å². The zero-order valence-electron chi connectivity index (χ0n) is 15.7. The Bertz CT molecular complexity index is 1290. The molecule has 0 saturated heterocycles. The molecule has 146 valence electrons. The molecule has 2 aliphatic rings. The van der Waals surface area contributed by atoms with Crippen molar-refractivity contribution in [2.24, 2.45) is 0 Å². The number of ether oxygens (including phenoxy) is 1. The molecule has 0 saturated carbocycles. The third kappa shape index (κ3) is 2.31. The number of hydrogen-bond acceptors (Lipinski definition) is 6. The lowest BCUT2D eigenvalue weighted by atomic mass is 9.86. The first-order chi connectivity index (χ1) is 14.0. The Balaban J connectivity index is 1.78. The number of benzene rings is 1. The van der Waals surface area contributed by atoms with Crippen molar-refractivity contribution in [3.05, 3.63) is 69.2 Å². The molecule has 29 heavy (non-hydrogen) atoms. The van der Waals surface area contributed by atoms with Gasteiger partial charge in [-0.15, -0.1) is 0 Å². The molecule has 5 rings (SSSR count). The predicted octanol–water partition coefficient (Wildman–Crippen LogP) is 2.61. The first-order valence-corrected chi connectivity index (χ1v) is 9.38. The number of fused-ring (bicyclic) bond motifs is 5. The number of nitrogens with zero attached hydrogens (tertiary/aromatic N) is 2. The topological polar surface area (TPSA) is 102 Å². The summed E-state index contributed by atoms with van der Waals surface area (Å²) in [5.74, 6) is -0.734. The maximum absolute atomic E-state index is 13.1. The van der Waals surface area contributed by atoms with Gasteiger partial charge in [-0.3, -0.25) is 4.79 Å². The molecule has 4 heterocycles. The van der Waals surface area contributed by atoms with Crippen LogP contribution in [0.1, 0.15) is 35.6 Å². The summed E-state index contributed by atoms with van der Waals surface area (Å²) in [6.45, 7) is 1.87. The number of pyridine rings is 2. The third-order valence-electron chi connectivity index (χ3n) is 5.84. The highest BCUT2D eigenvalue weighted by Gasteiger charge is 2.45. The summed E-state index contributed by atoms with van der Waals surface area (Å²) in [7, 11) is 0. The Morgan fingerprint density at radius 3 is 2.90 bits per heavy atom. The molecule has 0 fully saturated rings. The molecular formula is C22H18N2O5. The van der Waals surface area contributed by atoms with Gasteiger partial charge in [0.15, 0.2) is 5.60 Å². The zero-order valence-corrected chi connectivity index (χ0v) is 15.7. The van der Waals surface area contributed by atoms with Crippen molar-refractivity contribution in [2.45, 2.75) is 32.1 Å². The molecule has 7 heteroatoms. The van der Waals surface area contributed by atoms with Gasteiger partial charge < -0.3 is 19.5 Å². The average molecular weight is 390 g/mol. The maximum atomic E-state index is 13.1. The molecule has 0 aliphatic carbocycles. The van der Waals surface area contributed by atoms with Gasteiger partial charge in [-0.2, -0.15) is 0 Å². The zero-order chi connectivity index (χ0) is 20.3. The highest BCUT2D eigenvalue weighted by atomic mass is 16.6. The van der Waals surface area contributed by atoms with Crippen molar-refractivity contribution in [2.75, 3.05) is 0 Å². The molecule has 1 atom stereocenters. The number of aliphatic hydroxyl groups is 2. The van der Waals surface area contributed by atoms with Gasteiger partial charge in [-0.25, -0.2) is 9.78 Å². The second kappa shape index (κ2) is 6.02. The molecule has 0 unspecified atom stereocenters. The lowest BCUT2D eigenvalue weighted by Gasteiger charge is -2.31. The summed E-state index contributed by atoms with van der Waals surface area (Å²) in [5.41, 5.74) is 2.14. The number of esters is 1. The van der Waals surface area contributed by atoms with Gasteiger partial charge in [-0.05, 0) is 36.3 Å². The fraction of sp³-hybridized carbons (Fsp3) is 0.227. The third-order valence-corrected chi connectivity index (χ3v) is 5.84. The fourth-order valence-electron chi connectivity index (χ4n) is 4.25. The van der Waals surface area contributed by atoms with Crippen molar-refractivity contribution in [3.63, 3.8) is 0 Å². The van der Waals surface area contributed by atoms with E-state index in [0.717, 1.165) is 28.3 Å². The van der Waals surface area contributed by atoms with E-state index in [-0.39, 0.29) is 18.6 Å². The molecule has 3 aromatic rings. The molecule has 0 radical (unpaired) electrons. The number of rotatable bonds is 2. The molecule has 0 bridgehead atoms. The van der Waals surface area contributed by atoms with E-state index in [2.05, 4.69) is 0 Å². The van der Waals surface area contributed by atoms with E-state index in [9.17, 15) is 14.7 Å². The van der Waals surface area contributed by atoms with Gasteiger partial charge in [0, 0.05) is 16.5 Å². The van der Waals surface area contributed by atoms with Crippen molar-refractivity contribution in [1.29, 1.82) is 0 Å². The Kier molecular flexibility index (Phi) is 3.66. The predicted molar refractivity (Wildman–Crippen MR) is 106 cm³/mol. The highest BCUT2D eigenvalue weighted by molar-refractivity contribution is 5.91. The lowest BCUT2D eigenvalue weighted by molar-refractivity contribution is -0.172. The number of carbonyl (C=O) groups excluding carboxylic acids is 1. The fourth-order valence-corrected chi connectivity index (χ4v) is 4.25. The second-order valence-corrected chi connectivity index (χ2v) is 7.33. The van der Waals surface area contributed by atoms with E-state index in [1.165, 1.54) is 0 Å². The number of carbonyl (C=O) groups is 1.